The van der Waals surface area contributed by atoms with Gasteiger partial charge < -0.3 is 9.32 Å². The fourth-order valence-electron chi connectivity index (χ4n) is 3.89. The molecule has 4 rings (SSSR count). The highest BCUT2D eigenvalue weighted by atomic mass is 16.3. The molecule has 0 saturated carbocycles. The summed E-state index contributed by atoms with van der Waals surface area (Å²) in [6, 6.07) is 5.18. The lowest BCUT2D eigenvalue weighted by atomic mass is 10.1. The van der Waals surface area contributed by atoms with Crippen LogP contribution in [0.4, 0.5) is 5.95 Å². The molecule has 22 heavy (non-hydrogen) atoms. The second-order valence-electron chi connectivity index (χ2n) is 6.38. The Morgan fingerprint density at radius 3 is 2.64 bits per heavy atom. The van der Waals surface area contributed by atoms with Crippen LogP contribution in [0.5, 0.6) is 0 Å². The number of hydrogen-bond acceptors (Lipinski definition) is 5. The van der Waals surface area contributed by atoms with E-state index < -0.39 is 0 Å². The number of rotatable bonds is 3. The van der Waals surface area contributed by atoms with Crippen molar-refractivity contribution in [3.05, 3.63) is 41.6 Å². The average Bonchev–Trinajstić information content (AvgIpc) is 3.18. The van der Waals surface area contributed by atoms with Gasteiger partial charge in [0.15, 0.2) is 0 Å². The van der Waals surface area contributed by atoms with Crippen molar-refractivity contribution in [2.75, 3.05) is 18.0 Å². The van der Waals surface area contributed by atoms with Crippen molar-refractivity contribution in [3.8, 4) is 0 Å². The highest BCUT2D eigenvalue weighted by Gasteiger charge is 2.43. The van der Waals surface area contributed by atoms with Crippen molar-refractivity contribution in [2.24, 2.45) is 0 Å². The summed E-state index contributed by atoms with van der Waals surface area (Å²) in [5.41, 5.74) is 1.25. The Balaban J connectivity index is 1.48. The molecule has 0 aromatic carbocycles. The number of aryl methyl sites for hydroxylation is 2. The highest BCUT2D eigenvalue weighted by molar-refractivity contribution is 5.35. The fourth-order valence-corrected chi connectivity index (χ4v) is 3.89. The third kappa shape index (κ3) is 2.29. The van der Waals surface area contributed by atoms with E-state index in [0.29, 0.717) is 12.1 Å². The number of furan rings is 1. The fraction of sp³-hybridized carbons (Fsp3) is 0.529. The van der Waals surface area contributed by atoms with Crippen LogP contribution < -0.4 is 4.90 Å². The molecule has 2 fully saturated rings. The maximum Gasteiger partial charge on any atom is 0.225 e. The number of nitrogens with zero attached hydrogens (tertiary/aromatic N) is 4. The molecule has 2 saturated heterocycles. The van der Waals surface area contributed by atoms with Gasteiger partial charge in [-0.1, -0.05) is 0 Å². The molecule has 0 aliphatic carbocycles. The molecule has 5 nitrogen and oxygen atoms in total. The van der Waals surface area contributed by atoms with E-state index in [4.69, 9.17) is 4.42 Å². The van der Waals surface area contributed by atoms with Gasteiger partial charge in [-0.2, -0.15) is 0 Å². The Hall–Kier alpha value is -1.88. The zero-order valence-corrected chi connectivity index (χ0v) is 13.2. The first-order chi connectivity index (χ1) is 10.7. The molecule has 0 N–H and O–H groups in total. The number of aromatic nitrogens is 2. The third-order valence-corrected chi connectivity index (χ3v) is 5.08. The lowest BCUT2D eigenvalue weighted by molar-refractivity contribution is 0.225. The molecule has 2 aromatic heterocycles. The molecule has 2 aromatic rings. The molecule has 0 amide bonds. The number of hydrogen-bond donors (Lipinski definition) is 0. The Labute approximate surface area is 131 Å². The summed E-state index contributed by atoms with van der Waals surface area (Å²) in [5, 5.41) is 0. The van der Waals surface area contributed by atoms with Gasteiger partial charge in [0.1, 0.15) is 11.5 Å². The molecule has 2 aliphatic rings. The Morgan fingerprint density at radius 1 is 1.14 bits per heavy atom. The topological polar surface area (TPSA) is 45.4 Å². The van der Waals surface area contributed by atoms with Crippen LogP contribution in [0.1, 0.15) is 29.9 Å². The molecule has 116 valence electrons. The van der Waals surface area contributed by atoms with Gasteiger partial charge in [-0.25, -0.2) is 9.97 Å². The smallest absolute Gasteiger partial charge is 0.225 e. The van der Waals surface area contributed by atoms with E-state index in [0.717, 1.165) is 37.1 Å². The molecule has 0 radical (unpaired) electrons. The predicted octanol–water partition coefficient (Wildman–Crippen LogP) is 2.54. The van der Waals surface area contributed by atoms with E-state index in [1.165, 1.54) is 18.4 Å². The number of fused-ring (bicyclic) bond motifs is 1. The molecule has 2 aliphatic heterocycles. The van der Waals surface area contributed by atoms with E-state index in [1.807, 2.05) is 25.4 Å². The predicted molar refractivity (Wildman–Crippen MR) is 84.8 cm³/mol. The van der Waals surface area contributed by atoms with E-state index >= 15 is 0 Å². The van der Waals surface area contributed by atoms with Crippen molar-refractivity contribution in [2.45, 2.75) is 45.3 Å². The third-order valence-electron chi connectivity index (χ3n) is 5.08. The SMILES string of the molecule is Cc1cc(CN2CC[C@@H]3[C@@H]2CCN3c2ncccn2)oc1C. The van der Waals surface area contributed by atoms with Gasteiger partial charge in [0.2, 0.25) is 5.95 Å². The summed E-state index contributed by atoms with van der Waals surface area (Å²) in [7, 11) is 0. The summed E-state index contributed by atoms with van der Waals surface area (Å²) in [5.74, 6) is 3.00. The molecule has 5 heteroatoms. The first-order valence-electron chi connectivity index (χ1n) is 8.06. The largest absolute Gasteiger partial charge is 0.465 e. The maximum absolute atomic E-state index is 5.86. The van der Waals surface area contributed by atoms with Gasteiger partial charge in [-0.3, -0.25) is 4.90 Å². The van der Waals surface area contributed by atoms with Gasteiger partial charge >= 0.3 is 0 Å². The second-order valence-corrected chi connectivity index (χ2v) is 6.38. The van der Waals surface area contributed by atoms with Crippen LogP contribution >= 0.6 is 0 Å². The number of likely N-dealkylation sites (tertiary alicyclic amines) is 1. The molecule has 0 spiro atoms. The minimum atomic E-state index is 0.541. The minimum Gasteiger partial charge on any atom is -0.465 e. The summed E-state index contributed by atoms with van der Waals surface area (Å²) >= 11 is 0. The monoisotopic (exact) mass is 298 g/mol. The molecule has 0 bridgehead atoms. The first-order valence-corrected chi connectivity index (χ1v) is 8.06. The van der Waals surface area contributed by atoms with Crippen molar-refractivity contribution >= 4 is 5.95 Å². The highest BCUT2D eigenvalue weighted by Crippen LogP contribution is 2.34. The van der Waals surface area contributed by atoms with Crippen LogP contribution in [0.2, 0.25) is 0 Å². The van der Waals surface area contributed by atoms with Gasteiger partial charge in [0.25, 0.3) is 0 Å². The van der Waals surface area contributed by atoms with Crippen molar-refractivity contribution < 1.29 is 4.42 Å². The van der Waals surface area contributed by atoms with E-state index in [2.05, 4.69) is 32.8 Å². The zero-order chi connectivity index (χ0) is 15.1. The molecular formula is C17H22N4O. The average molecular weight is 298 g/mol. The Kier molecular flexibility index (Phi) is 3.37. The van der Waals surface area contributed by atoms with Gasteiger partial charge in [0, 0.05) is 37.6 Å². The van der Waals surface area contributed by atoms with E-state index in [1.54, 1.807) is 0 Å². The summed E-state index contributed by atoms with van der Waals surface area (Å²) in [4.78, 5) is 13.8. The maximum atomic E-state index is 5.86. The van der Waals surface area contributed by atoms with Crippen molar-refractivity contribution in [1.29, 1.82) is 0 Å². The van der Waals surface area contributed by atoms with Crippen LogP contribution in [0.15, 0.2) is 28.9 Å². The summed E-state index contributed by atoms with van der Waals surface area (Å²) in [6.07, 6.45) is 6.02. The van der Waals surface area contributed by atoms with Crippen molar-refractivity contribution in [3.63, 3.8) is 0 Å². The molecule has 2 atom stereocenters. The Morgan fingerprint density at radius 2 is 1.91 bits per heavy atom. The normalized spacial score (nSPS) is 24.9. The van der Waals surface area contributed by atoms with E-state index in [9.17, 15) is 0 Å². The zero-order valence-electron chi connectivity index (χ0n) is 13.2. The van der Waals surface area contributed by atoms with Gasteiger partial charge in [0.05, 0.1) is 6.54 Å². The lowest BCUT2D eigenvalue weighted by Crippen LogP contribution is -2.36. The summed E-state index contributed by atoms with van der Waals surface area (Å²) < 4.78 is 5.86. The van der Waals surface area contributed by atoms with E-state index in [-0.39, 0.29) is 0 Å². The van der Waals surface area contributed by atoms with Crippen LogP contribution in [-0.4, -0.2) is 40.0 Å². The van der Waals surface area contributed by atoms with Crippen LogP contribution in [-0.2, 0) is 6.54 Å². The van der Waals surface area contributed by atoms with Crippen LogP contribution in [0.25, 0.3) is 0 Å². The number of anilines is 1. The minimum absolute atomic E-state index is 0.541. The standard InChI is InChI=1S/C17H22N4O/c1-12-10-14(22-13(12)2)11-20-8-4-16-15(20)5-9-21(16)17-18-6-3-7-19-17/h3,6-7,10,15-16H,4-5,8-9,11H2,1-2H3/t15-,16+/m0/s1. The van der Waals surface area contributed by atoms with Crippen molar-refractivity contribution in [1.82, 2.24) is 14.9 Å². The van der Waals surface area contributed by atoms with Crippen LogP contribution in [0, 0.1) is 13.8 Å². The quantitative estimate of drug-likeness (QED) is 0.871. The second kappa shape index (κ2) is 5.39. The van der Waals surface area contributed by atoms with Crippen LogP contribution in [0.3, 0.4) is 0 Å². The van der Waals surface area contributed by atoms with Gasteiger partial charge in [-0.05, 0) is 44.4 Å². The first kappa shape index (κ1) is 13.8. The molecule has 0 unspecified atom stereocenters. The van der Waals surface area contributed by atoms with Gasteiger partial charge in [-0.15, -0.1) is 0 Å². The lowest BCUT2D eigenvalue weighted by Gasteiger charge is -2.25. The molecular weight excluding hydrogens is 276 g/mol. The summed E-state index contributed by atoms with van der Waals surface area (Å²) in [6.45, 7) is 7.23. The molecule has 4 heterocycles. The Bertz CT molecular complexity index is 634.